The number of ether oxygens (including phenoxy) is 1. The predicted molar refractivity (Wildman–Crippen MR) is 142 cm³/mol. The van der Waals surface area contributed by atoms with E-state index in [2.05, 4.69) is 39.1 Å². The summed E-state index contributed by atoms with van der Waals surface area (Å²) in [6.07, 6.45) is -7.72. The number of nitrogens with one attached hydrogen (secondary N) is 3. The molecule has 2 saturated carbocycles. The number of carbonyl (C=O) groups excluding carboxylic acids is 2. The third-order valence-electron chi connectivity index (χ3n) is 6.67. The molecule has 2 aliphatic carbocycles. The van der Waals surface area contributed by atoms with Crippen LogP contribution in [0.2, 0.25) is 10.0 Å². The van der Waals surface area contributed by atoms with Crippen molar-refractivity contribution in [2.24, 2.45) is 11.8 Å². The molecule has 220 valence electrons. The van der Waals surface area contributed by atoms with Crippen molar-refractivity contribution in [1.29, 1.82) is 0 Å². The highest BCUT2D eigenvalue weighted by molar-refractivity contribution is 6.31. The van der Waals surface area contributed by atoms with Crippen LogP contribution in [0.15, 0.2) is 36.4 Å². The van der Waals surface area contributed by atoms with Crippen molar-refractivity contribution in [3.63, 3.8) is 0 Å². The quantitative estimate of drug-likeness (QED) is 0.206. The minimum Gasteiger partial charge on any atom is -0.415 e. The van der Waals surface area contributed by atoms with E-state index in [1.165, 1.54) is 30.3 Å². The molecule has 0 radical (unpaired) electrons. The number of cyclic esters (lactones) is 1. The second kappa shape index (κ2) is 10.5. The number of carbonyl (C=O) groups is 2. The Morgan fingerprint density at radius 3 is 1.81 bits per heavy atom. The molecule has 0 spiro atoms. The van der Waals surface area contributed by atoms with Crippen LogP contribution in [0.4, 0.5) is 47.3 Å². The molecular formula is C28H19Cl2F6N3O3. The van der Waals surface area contributed by atoms with E-state index in [1.54, 1.807) is 0 Å². The Labute approximate surface area is 245 Å². The number of anilines is 2. The van der Waals surface area contributed by atoms with Crippen LogP contribution < -0.4 is 16.0 Å². The SMILES string of the molecule is O=C1Nc2ccc(Cl)cc2[C@@](C#CC2CC2)(C(F)(F)F)N1.O=C1Nc2ccc(Cl)cc2[C@@](C#CC2CC2)(C(F)(F)F)O1. The van der Waals surface area contributed by atoms with Gasteiger partial charge in [-0.3, -0.25) is 5.32 Å². The molecule has 3 amide bonds. The Balaban J connectivity index is 0.000000168. The fraction of sp³-hybridized carbons (Fsp3) is 0.357. The third-order valence-corrected chi connectivity index (χ3v) is 7.14. The summed E-state index contributed by atoms with van der Waals surface area (Å²) >= 11 is 11.6. The summed E-state index contributed by atoms with van der Waals surface area (Å²) in [6.45, 7) is 0. The van der Waals surface area contributed by atoms with E-state index in [-0.39, 0.29) is 44.4 Å². The Bertz CT molecular complexity index is 1460. The van der Waals surface area contributed by atoms with Gasteiger partial charge >= 0.3 is 24.5 Å². The lowest BCUT2D eigenvalue weighted by atomic mass is 9.86. The molecule has 2 aromatic carbocycles. The van der Waals surface area contributed by atoms with E-state index in [9.17, 15) is 35.9 Å². The molecule has 2 aliphatic heterocycles. The highest BCUT2D eigenvalue weighted by atomic mass is 35.5. The highest BCUT2D eigenvalue weighted by Gasteiger charge is 2.62. The zero-order valence-corrected chi connectivity index (χ0v) is 22.7. The van der Waals surface area contributed by atoms with Gasteiger partial charge in [-0.1, -0.05) is 41.0 Å². The monoisotopic (exact) mass is 629 g/mol. The van der Waals surface area contributed by atoms with Crippen molar-refractivity contribution in [1.82, 2.24) is 5.32 Å². The number of benzene rings is 2. The van der Waals surface area contributed by atoms with Crippen molar-refractivity contribution < 1.29 is 40.7 Å². The largest absolute Gasteiger partial charge is 0.445 e. The zero-order valence-electron chi connectivity index (χ0n) is 21.2. The summed E-state index contributed by atoms with van der Waals surface area (Å²) in [7, 11) is 0. The first-order valence-corrected chi connectivity index (χ1v) is 13.3. The molecule has 0 aromatic heterocycles. The fourth-order valence-corrected chi connectivity index (χ4v) is 4.55. The van der Waals surface area contributed by atoms with Gasteiger partial charge in [-0.15, -0.1) is 0 Å². The molecule has 42 heavy (non-hydrogen) atoms. The maximum Gasteiger partial charge on any atom is 0.445 e. The van der Waals surface area contributed by atoms with Gasteiger partial charge in [0, 0.05) is 38.7 Å². The summed E-state index contributed by atoms with van der Waals surface area (Å²) in [6, 6.07) is 6.81. The standard InChI is InChI=1S/C14H10ClF3N2O.C14H9ClF3NO2/c15-9-3-4-11-10(7-9)13(14(16,17)18,20-12(21)19-11)6-5-8-1-2-8;15-9-3-4-11-10(7-9)13(14(16,17)18,21-12(20)19-11)6-5-8-1-2-8/h3-4,7-8H,1-2H2,(H2,19,20,21);3-4,7-8H,1-2H2,(H,19,20)/t2*13-/m00/s1. The van der Waals surface area contributed by atoms with Gasteiger partial charge in [0.15, 0.2) is 0 Å². The normalized spacial score (nSPS) is 24.3. The number of hydrogen-bond acceptors (Lipinski definition) is 3. The Hall–Kier alpha value is -3.74. The molecule has 0 unspecified atom stereocenters. The van der Waals surface area contributed by atoms with Crippen molar-refractivity contribution in [2.75, 3.05) is 10.6 Å². The predicted octanol–water partition coefficient (Wildman–Crippen LogP) is 7.72. The second-order valence-electron chi connectivity index (χ2n) is 9.99. The van der Waals surface area contributed by atoms with Crippen LogP contribution in [0.1, 0.15) is 36.8 Å². The third kappa shape index (κ3) is 5.79. The average Bonchev–Trinajstić information content (AvgIpc) is 3.81. The van der Waals surface area contributed by atoms with E-state index in [0.717, 1.165) is 31.7 Å². The summed E-state index contributed by atoms with van der Waals surface area (Å²) in [5, 5.41) is 6.75. The average molecular weight is 630 g/mol. The van der Waals surface area contributed by atoms with Crippen LogP contribution in [-0.2, 0) is 15.9 Å². The summed E-state index contributed by atoms with van der Waals surface area (Å²) < 4.78 is 86.4. The van der Waals surface area contributed by atoms with Gasteiger partial charge in [-0.05, 0) is 68.0 Å². The van der Waals surface area contributed by atoms with Gasteiger partial charge in [0.1, 0.15) is 0 Å². The molecule has 6 nitrogen and oxygen atoms in total. The molecule has 4 aliphatic rings. The molecule has 0 saturated heterocycles. The first-order chi connectivity index (χ1) is 19.6. The van der Waals surface area contributed by atoms with Crippen molar-refractivity contribution in [2.45, 2.75) is 49.2 Å². The molecule has 2 aromatic rings. The molecule has 2 atom stereocenters. The smallest absolute Gasteiger partial charge is 0.415 e. The lowest BCUT2D eigenvalue weighted by Crippen LogP contribution is -2.59. The lowest BCUT2D eigenvalue weighted by molar-refractivity contribution is -0.239. The molecular weight excluding hydrogens is 611 g/mol. The number of halogens is 8. The van der Waals surface area contributed by atoms with Crippen LogP contribution in [0.25, 0.3) is 0 Å². The summed E-state index contributed by atoms with van der Waals surface area (Å²) in [5.41, 5.74) is -6.12. The van der Waals surface area contributed by atoms with E-state index < -0.39 is 35.6 Å². The van der Waals surface area contributed by atoms with E-state index >= 15 is 0 Å². The highest BCUT2D eigenvalue weighted by Crippen LogP contribution is 2.48. The Morgan fingerprint density at radius 2 is 1.29 bits per heavy atom. The topological polar surface area (TPSA) is 79.5 Å². The first kappa shape index (κ1) is 29.7. The maximum absolute atomic E-state index is 13.7. The summed E-state index contributed by atoms with van der Waals surface area (Å²) in [5.74, 6) is 9.42. The van der Waals surface area contributed by atoms with E-state index in [0.29, 0.717) is 0 Å². The zero-order chi connectivity index (χ0) is 30.5. The minimum atomic E-state index is -4.87. The Morgan fingerprint density at radius 1 is 0.762 bits per heavy atom. The van der Waals surface area contributed by atoms with Gasteiger partial charge in [0.25, 0.3) is 5.60 Å². The van der Waals surface area contributed by atoms with Crippen molar-refractivity contribution >= 4 is 46.7 Å². The number of hydrogen-bond donors (Lipinski definition) is 3. The Kier molecular flexibility index (Phi) is 7.45. The maximum atomic E-state index is 13.7. The lowest BCUT2D eigenvalue weighted by Gasteiger charge is -2.37. The van der Waals surface area contributed by atoms with Gasteiger partial charge in [-0.25, -0.2) is 9.59 Å². The molecule has 2 fully saturated rings. The number of fused-ring (bicyclic) bond motifs is 2. The molecule has 2 heterocycles. The molecule has 14 heteroatoms. The molecule has 3 N–H and O–H groups in total. The summed E-state index contributed by atoms with van der Waals surface area (Å²) in [4.78, 5) is 23.1. The van der Waals surface area contributed by atoms with Gasteiger partial charge in [0.2, 0.25) is 5.54 Å². The van der Waals surface area contributed by atoms with Gasteiger partial charge in [0.05, 0.1) is 5.69 Å². The van der Waals surface area contributed by atoms with Crippen LogP contribution in [0.3, 0.4) is 0 Å². The van der Waals surface area contributed by atoms with E-state index in [4.69, 9.17) is 23.2 Å². The van der Waals surface area contributed by atoms with Crippen molar-refractivity contribution in [3.8, 4) is 23.7 Å². The first-order valence-electron chi connectivity index (χ1n) is 12.5. The van der Waals surface area contributed by atoms with Crippen LogP contribution in [0.5, 0.6) is 0 Å². The number of amides is 3. The van der Waals surface area contributed by atoms with Crippen LogP contribution in [-0.4, -0.2) is 24.5 Å². The fourth-order valence-electron chi connectivity index (χ4n) is 4.21. The molecule has 6 rings (SSSR count). The van der Waals surface area contributed by atoms with Gasteiger partial charge in [-0.2, -0.15) is 26.3 Å². The van der Waals surface area contributed by atoms with Crippen molar-refractivity contribution in [3.05, 3.63) is 57.6 Å². The number of rotatable bonds is 0. The van der Waals surface area contributed by atoms with E-state index in [1.807, 2.05) is 5.32 Å². The van der Waals surface area contributed by atoms with Crippen LogP contribution in [0, 0.1) is 35.5 Å². The van der Waals surface area contributed by atoms with Gasteiger partial charge < -0.3 is 15.4 Å². The number of alkyl halides is 6. The van der Waals surface area contributed by atoms with Crippen LogP contribution >= 0.6 is 23.2 Å². The second-order valence-corrected chi connectivity index (χ2v) is 10.9. The minimum absolute atomic E-state index is 0.00179. The number of urea groups is 1. The molecule has 0 bridgehead atoms.